The van der Waals surface area contributed by atoms with Gasteiger partial charge in [-0.1, -0.05) is 47.5 Å². The van der Waals surface area contributed by atoms with Crippen molar-refractivity contribution in [2.24, 2.45) is 5.41 Å². The summed E-state index contributed by atoms with van der Waals surface area (Å²) in [7, 11) is 0. The third-order valence-corrected chi connectivity index (χ3v) is 3.00. The lowest BCUT2D eigenvalue weighted by Crippen LogP contribution is -2.41. The van der Waals surface area contributed by atoms with Crippen molar-refractivity contribution in [1.82, 2.24) is 5.32 Å². The zero-order valence-corrected chi connectivity index (χ0v) is 11.1. The van der Waals surface area contributed by atoms with E-state index in [9.17, 15) is 5.11 Å². The van der Waals surface area contributed by atoms with E-state index in [1.165, 1.54) is 19.3 Å². The predicted molar refractivity (Wildman–Crippen MR) is 67.1 cm³/mol. The van der Waals surface area contributed by atoms with Crippen LogP contribution in [0.2, 0.25) is 0 Å². The van der Waals surface area contributed by atoms with Gasteiger partial charge in [-0.3, -0.25) is 0 Å². The molecule has 0 aliphatic rings. The van der Waals surface area contributed by atoms with Crippen LogP contribution in [-0.4, -0.2) is 23.8 Å². The fourth-order valence-electron chi connectivity index (χ4n) is 1.49. The Balaban J connectivity index is 3.79. The molecule has 0 fully saturated rings. The average Bonchev–Trinajstić information content (AvgIpc) is 2.16. The van der Waals surface area contributed by atoms with Crippen molar-refractivity contribution in [2.45, 2.75) is 72.4 Å². The molecule has 92 valence electrons. The van der Waals surface area contributed by atoms with Gasteiger partial charge in [0.1, 0.15) is 0 Å². The molecule has 0 heterocycles. The third-order valence-electron chi connectivity index (χ3n) is 3.00. The summed E-state index contributed by atoms with van der Waals surface area (Å²) in [6.45, 7) is 11.4. The van der Waals surface area contributed by atoms with Crippen molar-refractivity contribution in [1.29, 1.82) is 0 Å². The van der Waals surface area contributed by atoms with E-state index in [4.69, 9.17) is 0 Å². The normalized spacial score (nSPS) is 16.4. The maximum absolute atomic E-state index is 9.89. The molecule has 0 aromatic carbocycles. The summed E-state index contributed by atoms with van der Waals surface area (Å²) in [6.07, 6.45) is 4.64. The van der Waals surface area contributed by atoms with Crippen LogP contribution in [0.3, 0.4) is 0 Å². The van der Waals surface area contributed by atoms with Crippen LogP contribution in [0.1, 0.15) is 60.3 Å². The third kappa shape index (κ3) is 6.91. The minimum absolute atomic E-state index is 0.0178. The van der Waals surface area contributed by atoms with Gasteiger partial charge in [-0.05, 0) is 18.3 Å². The minimum atomic E-state index is -0.256. The molecule has 0 saturated carbocycles. The molecule has 2 atom stereocenters. The van der Waals surface area contributed by atoms with E-state index in [1.807, 2.05) is 0 Å². The highest BCUT2D eigenvalue weighted by Gasteiger charge is 2.22. The van der Waals surface area contributed by atoms with Crippen molar-refractivity contribution in [2.75, 3.05) is 6.54 Å². The molecule has 2 nitrogen and oxygen atoms in total. The van der Waals surface area contributed by atoms with Crippen LogP contribution in [-0.2, 0) is 0 Å². The van der Waals surface area contributed by atoms with Crippen molar-refractivity contribution in [3.8, 4) is 0 Å². The maximum Gasteiger partial charge on any atom is 0.0712 e. The molecular weight excluding hydrogens is 186 g/mol. The van der Waals surface area contributed by atoms with Gasteiger partial charge in [-0.15, -0.1) is 0 Å². The molecule has 0 radical (unpaired) electrons. The van der Waals surface area contributed by atoms with Crippen LogP contribution in [0.15, 0.2) is 0 Å². The summed E-state index contributed by atoms with van der Waals surface area (Å²) in [5.74, 6) is 0. The lowest BCUT2D eigenvalue weighted by molar-refractivity contribution is 0.0599. The van der Waals surface area contributed by atoms with E-state index in [0.29, 0.717) is 12.6 Å². The summed E-state index contributed by atoms with van der Waals surface area (Å²) in [5.41, 5.74) is -0.0178. The van der Waals surface area contributed by atoms with E-state index in [-0.39, 0.29) is 11.5 Å². The molecule has 0 aliphatic carbocycles. The van der Waals surface area contributed by atoms with Gasteiger partial charge in [0, 0.05) is 12.6 Å². The topological polar surface area (TPSA) is 32.3 Å². The van der Waals surface area contributed by atoms with Crippen molar-refractivity contribution in [3.63, 3.8) is 0 Å². The van der Waals surface area contributed by atoms with Gasteiger partial charge in [0.15, 0.2) is 0 Å². The van der Waals surface area contributed by atoms with E-state index in [0.717, 1.165) is 6.42 Å². The number of rotatable bonds is 7. The van der Waals surface area contributed by atoms with Crippen molar-refractivity contribution >= 4 is 0 Å². The number of nitrogens with one attached hydrogen (secondary N) is 1. The Hall–Kier alpha value is -0.0800. The first kappa shape index (κ1) is 14.9. The Morgan fingerprint density at radius 2 is 1.80 bits per heavy atom. The molecular formula is C13H29NO. The first-order valence-electron chi connectivity index (χ1n) is 6.33. The van der Waals surface area contributed by atoms with Crippen LogP contribution in [0.4, 0.5) is 0 Å². The van der Waals surface area contributed by atoms with Crippen LogP contribution in [0, 0.1) is 5.41 Å². The molecule has 0 bridgehead atoms. The van der Waals surface area contributed by atoms with Crippen LogP contribution >= 0.6 is 0 Å². The number of hydrogen-bond donors (Lipinski definition) is 2. The molecule has 2 N–H and O–H groups in total. The molecule has 2 heteroatoms. The second kappa shape index (κ2) is 7.24. The second-order valence-electron chi connectivity index (χ2n) is 5.54. The Labute approximate surface area is 95.5 Å². The first-order valence-corrected chi connectivity index (χ1v) is 6.33. The zero-order valence-electron chi connectivity index (χ0n) is 11.1. The summed E-state index contributed by atoms with van der Waals surface area (Å²) in [5, 5.41) is 13.4. The molecule has 0 amide bonds. The minimum Gasteiger partial charge on any atom is -0.391 e. The van der Waals surface area contributed by atoms with Gasteiger partial charge in [-0.2, -0.15) is 0 Å². The fourth-order valence-corrected chi connectivity index (χ4v) is 1.49. The maximum atomic E-state index is 9.89. The Morgan fingerprint density at radius 1 is 1.20 bits per heavy atom. The molecule has 0 spiro atoms. The summed E-state index contributed by atoms with van der Waals surface area (Å²) in [4.78, 5) is 0. The van der Waals surface area contributed by atoms with Crippen LogP contribution < -0.4 is 5.32 Å². The smallest absolute Gasteiger partial charge is 0.0712 e. The van der Waals surface area contributed by atoms with Crippen molar-refractivity contribution in [3.05, 3.63) is 0 Å². The highest BCUT2D eigenvalue weighted by Crippen LogP contribution is 2.18. The van der Waals surface area contributed by atoms with E-state index in [1.54, 1.807) is 0 Å². The fraction of sp³-hybridized carbons (Fsp3) is 1.00. The summed E-state index contributed by atoms with van der Waals surface area (Å²) < 4.78 is 0. The number of hydrogen-bond acceptors (Lipinski definition) is 2. The van der Waals surface area contributed by atoms with Crippen LogP contribution in [0.25, 0.3) is 0 Å². The van der Waals surface area contributed by atoms with Gasteiger partial charge < -0.3 is 10.4 Å². The lowest BCUT2D eigenvalue weighted by Gasteiger charge is -2.28. The quantitative estimate of drug-likeness (QED) is 0.684. The number of unbranched alkanes of at least 4 members (excludes halogenated alkanes) is 1. The van der Waals surface area contributed by atoms with E-state index in [2.05, 4.69) is 39.9 Å². The monoisotopic (exact) mass is 215 g/mol. The highest BCUT2D eigenvalue weighted by molar-refractivity contribution is 4.76. The molecule has 0 aromatic rings. The molecule has 15 heavy (non-hydrogen) atoms. The number of aliphatic hydroxyl groups excluding tert-OH is 1. The van der Waals surface area contributed by atoms with Crippen molar-refractivity contribution < 1.29 is 5.11 Å². The second-order valence-corrected chi connectivity index (χ2v) is 5.54. The molecule has 0 aliphatic heterocycles. The summed E-state index contributed by atoms with van der Waals surface area (Å²) in [6, 6.07) is 0.571. The van der Waals surface area contributed by atoms with Gasteiger partial charge in [0.2, 0.25) is 0 Å². The SMILES string of the molecule is CCCCC(CC)NCC(O)C(C)(C)C. The Bertz CT molecular complexity index is 151. The largest absolute Gasteiger partial charge is 0.391 e. The van der Waals surface area contributed by atoms with Crippen LogP contribution in [0.5, 0.6) is 0 Å². The zero-order chi connectivity index (χ0) is 11.9. The van der Waals surface area contributed by atoms with Gasteiger partial charge in [0.05, 0.1) is 6.10 Å². The van der Waals surface area contributed by atoms with Gasteiger partial charge in [-0.25, -0.2) is 0 Å². The Kier molecular flexibility index (Phi) is 7.20. The Morgan fingerprint density at radius 3 is 2.20 bits per heavy atom. The summed E-state index contributed by atoms with van der Waals surface area (Å²) >= 11 is 0. The van der Waals surface area contributed by atoms with Gasteiger partial charge in [0.25, 0.3) is 0 Å². The predicted octanol–water partition coefficient (Wildman–Crippen LogP) is 2.95. The molecule has 0 rings (SSSR count). The highest BCUT2D eigenvalue weighted by atomic mass is 16.3. The standard InChI is InChI=1S/C13H29NO/c1-6-8-9-11(7-2)14-10-12(15)13(3,4)5/h11-12,14-15H,6-10H2,1-5H3. The first-order chi connectivity index (χ1) is 6.91. The van der Waals surface area contributed by atoms with E-state index >= 15 is 0 Å². The molecule has 0 aromatic heterocycles. The van der Waals surface area contributed by atoms with E-state index < -0.39 is 0 Å². The number of aliphatic hydroxyl groups is 1. The average molecular weight is 215 g/mol. The molecule has 2 unspecified atom stereocenters. The lowest BCUT2D eigenvalue weighted by atomic mass is 9.89. The molecule has 0 saturated heterocycles. The van der Waals surface area contributed by atoms with Gasteiger partial charge >= 0.3 is 0 Å².